The first-order valence-corrected chi connectivity index (χ1v) is 5.47. The molecule has 1 aliphatic rings. The lowest BCUT2D eigenvalue weighted by molar-refractivity contribution is -0.145. The van der Waals surface area contributed by atoms with Crippen molar-refractivity contribution >= 4 is 11.8 Å². The Labute approximate surface area is 100 Å². The van der Waals surface area contributed by atoms with Crippen LogP contribution >= 0.6 is 0 Å². The third-order valence-corrected chi connectivity index (χ3v) is 3.29. The molecule has 2 atom stereocenters. The van der Waals surface area contributed by atoms with Gasteiger partial charge in [0.05, 0.1) is 7.11 Å². The smallest absolute Gasteiger partial charge is 0.320 e. The predicted molar refractivity (Wildman–Crippen MR) is 63.5 cm³/mol. The van der Waals surface area contributed by atoms with E-state index in [0.29, 0.717) is 12.0 Å². The molecule has 88 valence electrons. The fourth-order valence-electron chi connectivity index (χ4n) is 2.19. The third kappa shape index (κ3) is 1.68. The van der Waals surface area contributed by atoms with E-state index in [0.717, 1.165) is 0 Å². The molecule has 2 unspecified atom stereocenters. The summed E-state index contributed by atoms with van der Waals surface area (Å²) in [5, 5.41) is 0. The Morgan fingerprint density at radius 3 is 2.53 bits per heavy atom. The number of carbonyl (C=O) groups excluding carboxylic acids is 2. The van der Waals surface area contributed by atoms with Crippen LogP contribution in [0.15, 0.2) is 43.0 Å². The van der Waals surface area contributed by atoms with E-state index in [1.165, 1.54) is 7.11 Å². The molecule has 0 amide bonds. The Kier molecular flexibility index (Phi) is 2.84. The van der Waals surface area contributed by atoms with Crippen LogP contribution in [0.5, 0.6) is 0 Å². The molecule has 1 aliphatic carbocycles. The minimum atomic E-state index is -1.03. The van der Waals surface area contributed by atoms with Crippen molar-refractivity contribution in [2.24, 2.45) is 11.3 Å². The van der Waals surface area contributed by atoms with E-state index in [9.17, 15) is 9.59 Å². The molecule has 2 rings (SSSR count). The summed E-state index contributed by atoms with van der Waals surface area (Å²) in [6, 6.07) is 8.82. The average Bonchev–Trinajstić information content (AvgIpc) is 3.13. The molecule has 0 N–H and O–H groups in total. The van der Waals surface area contributed by atoms with Crippen molar-refractivity contribution in [2.45, 2.75) is 6.42 Å². The maximum atomic E-state index is 12.3. The summed E-state index contributed by atoms with van der Waals surface area (Å²) in [7, 11) is 1.31. The second-order valence-corrected chi connectivity index (χ2v) is 4.20. The van der Waals surface area contributed by atoms with Crippen molar-refractivity contribution in [1.82, 2.24) is 0 Å². The molecule has 0 spiro atoms. The molecule has 0 aliphatic heterocycles. The molecule has 1 aromatic carbocycles. The third-order valence-electron chi connectivity index (χ3n) is 3.29. The van der Waals surface area contributed by atoms with Crippen molar-refractivity contribution in [1.29, 1.82) is 0 Å². The number of methoxy groups -OCH3 is 1. The highest BCUT2D eigenvalue weighted by Crippen LogP contribution is 2.56. The van der Waals surface area contributed by atoms with Gasteiger partial charge in [-0.15, -0.1) is 6.58 Å². The highest BCUT2D eigenvalue weighted by atomic mass is 16.5. The van der Waals surface area contributed by atoms with Crippen LogP contribution in [0.2, 0.25) is 0 Å². The van der Waals surface area contributed by atoms with Gasteiger partial charge in [-0.3, -0.25) is 9.59 Å². The van der Waals surface area contributed by atoms with E-state index in [1.807, 2.05) is 6.07 Å². The monoisotopic (exact) mass is 230 g/mol. The molecule has 0 aromatic heterocycles. The van der Waals surface area contributed by atoms with Crippen molar-refractivity contribution in [3.63, 3.8) is 0 Å². The van der Waals surface area contributed by atoms with Gasteiger partial charge in [0.2, 0.25) is 0 Å². The molecule has 3 nitrogen and oxygen atoms in total. The van der Waals surface area contributed by atoms with E-state index in [1.54, 1.807) is 30.3 Å². The quantitative estimate of drug-likeness (QED) is 0.345. The summed E-state index contributed by atoms with van der Waals surface area (Å²) in [6.07, 6.45) is 2.15. The zero-order chi connectivity index (χ0) is 12.5. The molecule has 17 heavy (non-hydrogen) atoms. The van der Waals surface area contributed by atoms with E-state index in [4.69, 9.17) is 4.74 Å². The second kappa shape index (κ2) is 4.17. The molecule has 1 fully saturated rings. The lowest BCUT2D eigenvalue weighted by Crippen LogP contribution is -2.29. The SMILES string of the molecule is C=CC1CC1(C(=O)OC)C(=O)c1ccccc1. The van der Waals surface area contributed by atoms with Crippen LogP contribution in [0.1, 0.15) is 16.8 Å². The highest BCUT2D eigenvalue weighted by Gasteiger charge is 2.65. The molecule has 0 saturated heterocycles. The zero-order valence-electron chi connectivity index (χ0n) is 9.68. The molecular weight excluding hydrogens is 216 g/mol. The van der Waals surface area contributed by atoms with Crippen LogP contribution in [0.3, 0.4) is 0 Å². The van der Waals surface area contributed by atoms with E-state index < -0.39 is 11.4 Å². The number of hydrogen-bond acceptors (Lipinski definition) is 3. The van der Waals surface area contributed by atoms with E-state index in [-0.39, 0.29) is 11.7 Å². The molecule has 1 saturated carbocycles. The number of hydrogen-bond donors (Lipinski definition) is 0. The number of Topliss-reactive ketones (excluding diaryl/α,β-unsaturated/α-hetero) is 1. The number of carbonyl (C=O) groups is 2. The van der Waals surface area contributed by atoms with Gasteiger partial charge in [0, 0.05) is 11.5 Å². The standard InChI is InChI=1S/C14H14O3/c1-3-11-9-14(11,13(16)17-2)12(15)10-7-5-4-6-8-10/h3-8,11H,1,9H2,2H3. The first kappa shape index (κ1) is 11.6. The van der Waals surface area contributed by atoms with Crippen molar-refractivity contribution in [3.05, 3.63) is 48.6 Å². The first-order valence-electron chi connectivity index (χ1n) is 5.47. The number of rotatable bonds is 4. The fourth-order valence-corrected chi connectivity index (χ4v) is 2.19. The van der Waals surface area contributed by atoms with Crippen LogP contribution in [-0.2, 0) is 9.53 Å². The normalized spacial score (nSPS) is 26.1. The number of benzene rings is 1. The van der Waals surface area contributed by atoms with Gasteiger partial charge in [0.1, 0.15) is 5.41 Å². The lowest BCUT2D eigenvalue weighted by Gasteiger charge is -2.12. The molecular formula is C14H14O3. The van der Waals surface area contributed by atoms with Gasteiger partial charge in [-0.25, -0.2) is 0 Å². The Bertz CT molecular complexity index is 464. The minimum Gasteiger partial charge on any atom is -0.468 e. The van der Waals surface area contributed by atoms with Crippen LogP contribution < -0.4 is 0 Å². The molecule has 0 bridgehead atoms. The van der Waals surface area contributed by atoms with Crippen molar-refractivity contribution in [2.75, 3.05) is 7.11 Å². The highest BCUT2D eigenvalue weighted by molar-refractivity contribution is 6.15. The zero-order valence-corrected chi connectivity index (χ0v) is 9.68. The van der Waals surface area contributed by atoms with Gasteiger partial charge in [-0.1, -0.05) is 36.4 Å². The summed E-state index contributed by atoms with van der Waals surface area (Å²) >= 11 is 0. The summed E-state index contributed by atoms with van der Waals surface area (Å²) in [5.74, 6) is -0.742. The van der Waals surface area contributed by atoms with Crippen LogP contribution in [-0.4, -0.2) is 18.9 Å². The Balaban J connectivity index is 2.34. The molecule has 0 radical (unpaired) electrons. The Hall–Kier alpha value is -1.90. The van der Waals surface area contributed by atoms with Crippen LogP contribution in [0.25, 0.3) is 0 Å². The maximum absolute atomic E-state index is 12.3. The number of ketones is 1. The fraction of sp³-hybridized carbons (Fsp3) is 0.286. The van der Waals surface area contributed by atoms with Crippen molar-refractivity contribution in [3.8, 4) is 0 Å². The largest absolute Gasteiger partial charge is 0.468 e. The second-order valence-electron chi connectivity index (χ2n) is 4.20. The van der Waals surface area contributed by atoms with Crippen LogP contribution in [0, 0.1) is 11.3 Å². The summed E-state index contributed by atoms with van der Waals surface area (Å²) in [6.45, 7) is 3.65. The van der Waals surface area contributed by atoms with Gasteiger partial charge in [-0.2, -0.15) is 0 Å². The van der Waals surface area contributed by atoms with Gasteiger partial charge < -0.3 is 4.74 Å². The molecule has 3 heteroatoms. The van der Waals surface area contributed by atoms with E-state index >= 15 is 0 Å². The first-order chi connectivity index (χ1) is 8.16. The predicted octanol–water partition coefficient (Wildman–Crippen LogP) is 2.23. The summed E-state index contributed by atoms with van der Waals surface area (Å²) in [5.41, 5.74) is -0.486. The Morgan fingerprint density at radius 2 is 2.06 bits per heavy atom. The van der Waals surface area contributed by atoms with Gasteiger partial charge in [-0.05, 0) is 6.42 Å². The number of allylic oxidation sites excluding steroid dienone is 1. The van der Waals surface area contributed by atoms with Gasteiger partial charge >= 0.3 is 5.97 Å². The number of ether oxygens (including phenoxy) is 1. The molecule has 1 aromatic rings. The van der Waals surface area contributed by atoms with Gasteiger partial charge in [0.25, 0.3) is 0 Å². The number of esters is 1. The van der Waals surface area contributed by atoms with Crippen molar-refractivity contribution < 1.29 is 14.3 Å². The average molecular weight is 230 g/mol. The maximum Gasteiger partial charge on any atom is 0.320 e. The van der Waals surface area contributed by atoms with Gasteiger partial charge in [0.15, 0.2) is 5.78 Å². The lowest BCUT2D eigenvalue weighted by atomic mass is 9.92. The molecule has 0 heterocycles. The summed E-state index contributed by atoms with van der Waals surface area (Å²) in [4.78, 5) is 24.1. The Morgan fingerprint density at radius 1 is 1.41 bits per heavy atom. The topological polar surface area (TPSA) is 43.4 Å². The minimum absolute atomic E-state index is 0.109. The summed E-state index contributed by atoms with van der Waals surface area (Å²) < 4.78 is 4.74. The van der Waals surface area contributed by atoms with E-state index in [2.05, 4.69) is 6.58 Å². The van der Waals surface area contributed by atoms with Crippen LogP contribution in [0.4, 0.5) is 0 Å².